The SMILES string of the molecule is CC/C=C/C/C=C/C/C=C/CCCCCCC(CC(=O)NC(CO)C(O)CCCCCCCCCCCCC)OC(=O)CCCCC/C=C\CCCCCCCCC. The monoisotopic (exact) mass is 814 g/mol. The second-order valence-electron chi connectivity index (χ2n) is 16.8. The molecule has 58 heavy (non-hydrogen) atoms. The predicted octanol–water partition coefficient (Wildman–Crippen LogP) is 14.7. The fourth-order valence-corrected chi connectivity index (χ4v) is 7.38. The normalized spacial score (nSPS) is 13.7. The second kappa shape index (κ2) is 45.9. The summed E-state index contributed by atoms with van der Waals surface area (Å²) in [5, 5.41) is 23.7. The van der Waals surface area contributed by atoms with E-state index in [1.165, 1.54) is 103 Å². The van der Waals surface area contributed by atoms with E-state index in [4.69, 9.17) is 4.74 Å². The average Bonchev–Trinajstić information content (AvgIpc) is 3.22. The number of esters is 1. The molecule has 0 heterocycles. The Bertz CT molecular complexity index is 1000. The Morgan fingerprint density at radius 2 is 0.931 bits per heavy atom. The van der Waals surface area contributed by atoms with Crippen molar-refractivity contribution in [2.75, 3.05) is 6.61 Å². The largest absolute Gasteiger partial charge is 0.462 e. The second-order valence-corrected chi connectivity index (χ2v) is 16.8. The van der Waals surface area contributed by atoms with E-state index >= 15 is 0 Å². The van der Waals surface area contributed by atoms with E-state index in [2.05, 4.69) is 74.7 Å². The molecule has 0 aliphatic heterocycles. The molecule has 0 aliphatic carbocycles. The zero-order valence-electron chi connectivity index (χ0n) is 38.4. The van der Waals surface area contributed by atoms with E-state index < -0.39 is 18.2 Å². The van der Waals surface area contributed by atoms with Crippen molar-refractivity contribution in [1.82, 2.24) is 5.32 Å². The molecular weight excluding hydrogens is 719 g/mol. The first-order valence-electron chi connectivity index (χ1n) is 24.9. The summed E-state index contributed by atoms with van der Waals surface area (Å²) in [5.74, 6) is -0.512. The van der Waals surface area contributed by atoms with Gasteiger partial charge in [-0.15, -0.1) is 0 Å². The summed E-state index contributed by atoms with van der Waals surface area (Å²) in [6, 6.07) is -0.710. The summed E-state index contributed by atoms with van der Waals surface area (Å²) in [7, 11) is 0. The molecule has 338 valence electrons. The number of aliphatic hydroxyl groups is 2. The summed E-state index contributed by atoms with van der Waals surface area (Å²) in [6.07, 6.45) is 54.5. The van der Waals surface area contributed by atoms with Crippen LogP contribution in [0.3, 0.4) is 0 Å². The molecule has 6 heteroatoms. The molecule has 0 aromatic carbocycles. The van der Waals surface area contributed by atoms with E-state index in [0.29, 0.717) is 19.3 Å². The van der Waals surface area contributed by atoms with Gasteiger partial charge in [0.2, 0.25) is 5.91 Å². The van der Waals surface area contributed by atoms with Crippen LogP contribution in [0.1, 0.15) is 245 Å². The quantitative estimate of drug-likeness (QED) is 0.0323. The molecule has 0 bridgehead atoms. The first-order chi connectivity index (χ1) is 28.5. The highest BCUT2D eigenvalue weighted by atomic mass is 16.5. The van der Waals surface area contributed by atoms with Crippen molar-refractivity contribution in [2.45, 2.75) is 264 Å². The van der Waals surface area contributed by atoms with Crippen molar-refractivity contribution in [3.63, 3.8) is 0 Å². The van der Waals surface area contributed by atoms with Crippen molar-refractivity contribution in [3.05, 3.63) is 48.6 Å². The van der Waals surface area contributed by atoms with Gasteiger partial charge in [0, 0.05) is 6.42 Å². The zero-order chi connectivity index (χ0) is 42.4. The summed E-state index contributed by atoms with van der Waals surface area (Å²) in [4.78, 5) is 26.1. The maximum Gasteiger partial charge on any atom is 0.306 e. The van der Waals surface area contributed by atoms with Crippen LogP contribution < -0.4 is 5.32 Å². The lowest BCUT2D eigenvalue weighted by molar-refractivity contribution is -0.151. The number of carbonyl (C=O) groups excluding carboxylic acids is 2. The van der Waals surface area contributed by atoms with Crippen LogP contribution in [-0.4, -0.2) is 46.9 Å². The van der Waals surface area contributed by atoms with Crippen molar-refractivity contribution >= 4 is 11.9 Å². The van der Waals surface area contributed by atoms with Crippen LogP contribution in [0.5, 0.6) is 0 Å². The number of carbonyl (C=O) groups is 2. The van der Waals surface area contributed by atoms with Crippen LogP contribution in [-0.2, 0) is 14.3 Å². The highest BCUT2D eigenvalue weighted by Crippen LogP contribution is 2.17. The van der Waals surface area contributed by atoms with Gasteiger partial charge in [0.25, 0.3) is 0 Å². The summed E-state index contributed by atoms with van der Waals surface area (Å²) in [5.41, 5.74) is 0. The standard InChI is InChI=1S/C52H95NO5/c1-4-7-10-13-16-19-22-24-26-29-31-34-37-40-43-48(58-52(57)45-42-39-36-33-30-27-25-23-20-17-14-11-8-5-2)46-51(56)53-49(47-54)50(55)44-41-38-35-32-28-21-18-15-12-9-6-3/h7,10,16,19,24,26-27,30,48-50,54-55H,4-6,8-9,11-15,17-18,20-23,25,28-29,31-47H2,1-3H3,(H,53,56)/b10-7+,19-16+,26-24+,30-27-. The molecule has 0 radical (unpaired) electrons. The van der Waals surface area contributed by atoms with E-state index in [-0.39, 0.29) is 24.9 Å². The molecule has 0 aromatic heterocycles. The number of nitrogens with one attached hydrogen (secondary N) is 1. The Kier molecular flexibility index (Phi) is 44.2. The van der Waals surface area contributed by atoms with Crippen molar-refractivity contribution in [2.24, 2.45) is 0 Å². The number of amides is 1. The maximum absolute atomic E-state index is 13.2. The van der Waals surface area contributed by atoms with Gasteiger partial charge in [-0.3, -0.25) is 9.59 Å². The number of unbranched alkanes of at least 4 members (excludes halogenated alkanes) is 24. The lowest BCUT2D eigenvalue weighted by atomic mass is 10.0. The average molecular weight is 814 g/mol. The maximum atomic E-state index is 13.2. The molecule has 0 aromatic rings. The van der Waals surface area contributed by atoms with Crippen molar-refractivity contribution in [3.8, 4) is 0 Å². The Hall–Kier alpha value is -2.18. The Morgan fingerprint density at radius 3 is 1.43 bits per heavy atom. The van der Waals surface area contributed by atoms with Crippen LogP contribution in [0.4, 0.5) is 0 Å². The number of hydrogen-bond acceptors (Lipinski definition) is 5. The minimum atomic E-state index is -0.795. The molecule has 3 N–H and O–H groups in total. The number of allylic oxidation sites excluding steroid dienone is 8. The van der Waals surface area contributed by atoms with Crippen LogP contribution >= 0.6 is 0 Å². The van der Waals surface area contributed by atoms with E-state index in [1.54, 1.807) is 0 Å². The fraction of sp³-hybridized carbons (Fsp3) is 0.808. The van der Waals surface area contributed by atoms with E-state index in [1.807, 2.05) is 0 Å². The van der Waals surface area contributed by atoms with Gasteiger partial charge in [-0.25, -0.2) is 0 Å². The third-order valence-corrected chi connectivity index (χ3v) is 11.1. The molecule has 0 saturated heterocycles. The van der Waals surface area contributed by atoms with E-state index in [0.717, 1.165) is 96.3 Å². The van der Waals surface area contributed by atoms with Crippen molar-refractivity contribution < 1.29 is 24.5 Å². The summed E-state index contributed by atoms with van der Waals surface area (Å²) >= 11 is 0. The van der Waals surface area contributed by atoms with Gasteiger partial charge in [0.05, 0.1) is 25.2 Å². The van der Waals surface area contributed by atoms with Gasteiger partial charge in [0.15, 0.2) is 0 Å². The highest BCUT2D eigenvalue weighted by molar-refractivity contribution is 5.77. The molecule has 3 unspecified atom stereocenters. The van der Waals surface area contributed by atoms with Crippen molar-refractivity contribution in [1.29, 1.82) is 0 Å². The number of aliphatic hydroxyl groups excluding tert-OH is 2. The molecule has 0 rings (SSSR count). The summed E-state index contributed by atoms with van der Waals surface area (Å²) in [6.45, 7) is 6.35. The molecule has 0 fully saturated rings. The van der Waals surface area contributed by atoms with Crippen LogP contribution in [0, 0.1) is 0 Å². The molecular formula is C52H95NO5. The Morgan fingerprint density at radius 1 is 0.517 bits per heavy atom. The lowest BCUT2D eigenvalue weighted by Gasteiger charge is -2.24. The summed E-state index contributed by atoms with van der Waals surface area (Å²) < 4.78 is 5.91. The number of rotatable bonds is 44. The van der Waals surface area contributed by atoms with E-state index in [9.17, 15) is 19.8 Å². The topological polar surface area (TPSA) is 95.9 Å². The molecule has 0 saturated carbocycles. The van der Waals surface area contributed by atoms with Crippen LogP contribution in [0.25, 0.3) is 0 Å². The fourth-order valence-electron chi connectivity index (χ4n) is 7.38. The zero-order valence-corrected chi connectivity index (χ0v) is 38.4. The van der Waals surface area contributed by atoms with Crippen LogP contribution in [0.15, 0.2) is 48.6 Å². The van der Waals surface area contributed by atoms with Gasteiger partial charge in [-0.1, -0.05) is 198 Å². The molecule has 1 amide bonds. The van der Waals surface area contributed by atoms with Gasteiger partial charge in [0.1, 0.15) is 6.10 Å². The first kappa shape index (κ1) is 55.8. The van der Waals surface area contributed by atoms with Gasteiger partial charge in [-0.05, 0) is 83.5 Å². The third-order valence-electron chi connectivity index (χ3n) is 11.1. The third kappa shape index (κ3) is 40.6. The lowest BCUT2D eigenvalue weighted by Crippen LogP contribution is -2.46. The predicted molar refractivity (Wildman–Crippen MR) is 250 cm³/mol. The van der Waals surface area contributed by atoms with Gasteiger partial charge in [-0.2, -0.15) is 0 Å². The van der Waals surface area contributed by atoms with Gasteiger partial charge < -0.3 is 20.3 Å². The Balaban J connectivity index is 4.65. The van der Waals surface area contributed by atoms with Gasteiger partial charge >= 0.3 is 5.97 Å². The number of ether oxygens (including phenoxy) is 1. The highest BCUT2D eigenvalue weighted by Gasteiger charge is 2.24. The smallest absolute Gasteiger partial charge is 0.306 e. The Labute approximate surface area is 359 Å². The molecule has 6 nitrogen and oxygen atoms in total. The minimum Gasteiger partial charge on any atom is -0.462 e. The molecule has 0 aliphatic rings. The van der Waals surface area contributed by atoms with Crippen LogP contribution in [0.2, 0.25) is 0 Å². The first-order valence-corrected chi connectivity index (χ1v) is 24.9. The minimum absolute atomic E-state index is 0.0570. The number of hydrogen-bond donors (Lipinski definition) is 3. The molecule has 0 spiro atoms. The molecule has 3 atom stereocenters.